The lowest BCUT2D eigenvalue weighted by atomic mass is 10.1. The van der Waals surface area contributed by atoms with Gasteiger partial charge in [-0.2, -0.15) is 13.2 Å². The maximum Gasteiger partial charge on any atom is 0.417 e. The van der Waals surface area contributed by atoms with Crippen LogP contribution in [-0.2, 0) is 17.4 Å². The molecule has 0 aliphatic carbocycles. The molecule has 1 atom stereocenters. The molecule has 0 aliphatic rings. The monoisotopic (exact) mass is 442 g/mol. The second kappa shape index (κ2) is 9.04. The number of rotatable bonds is 7. The maximum absolute atomic E-state index is 13.0. The molecule has 3 aromatic rings. The molecule has 1 aromatic carbocycles. The Balaban J connectivity index is 1.58. The summed E-state index contributed by atoms with van der Waals surface area (Å²) in [4.78, 5) is 12.2. The fourth-order valence-electron chi connectivity index (χ4n) is 2.73. The molecule has 0 spiro atoms. The van der Waals surface area contributed by atoms with E-state index in [1.54, 1.807) is 0 Å². The molecular weight excluding hydrogens is 425 g/mol. The normalized spacial score (nSPS) is 12.9. The average Bonchev–Trinajstić information content (AvgIpc) is 3.08. The van der Waals surface area contributed by atoms with E-state index in [4.69, 9.17) is 11.6 Å². The summed E-state index contributed by atoms with van der Waals surface area (Å²) in [6.07, 6.45) is -2.05. The second-order valence-electron chi connectivity index (χ2n) is 6.53. The van der Waals surface area contributed by atoms with Crippen LogP contribution in [0.5, 0.6) is 0 Å². The number of nitrogens with one attached hydrogen (secondary N) is 1. The molecule has 0 saturated carbocycles. The Bertz CT molecular complexity index is 994. The van der Waals surface area contributed by atoms with Gasteiger partial charge in [0.05, 0.1) is 16.3 Å². The minimum Gasteiger partial charge on any atom is -0.353 e. The number of carbonyl (C=O) groups is 1. The van der Waals surface area contributed by atoms with Gasteiger partial charge in [0.25, 0.3) is 0 Å². The Morgan fingerprint density at radius 3 is 2.69 bits per heavy atom. The molecule has 0 aliphatic heterocycles. The van der Waals surface area contributed by atoms with Crippen molar-refractivity contribution in [2.24, 2.45) is 0 Å². The third-order valence-electron chi connectivity index (χ3n) is 4.20. The number of hydrogen-bond donors (Lipinski definition) is 1. The van der Waals surface area contributed by atoms with E-state index in [0.717, 1.165) is 41.3 Å². The van der Waals surface area contributed by atoms with E-state index >= 15 is 0 Å². The molecule has 1 amide bonds. The number of nitrogens with zero attached hydrogens (tertiary/aromatic N) is 3. The Labute approximate surface area is 174 Å². The number of aromatic nitrogens is 3. The van der Waals surface area contributed by atoms with E-state index in [1.807, 2.05) is 37.3 Å². The van der Waals surface area contributed by atoms with Crippen LogP contribution < -0.4 is 5.32 Å². The molecule has 0 saturated heterocycles. The topological polar surface area (TPSA) is 59.3 Å². The Morgan fingerprint density at radius 1 is 1.28 bits per heavy atom. The summed E-state index contributed by atoms with van der Waals surface area (Å²) < 4.78 is 40.2. The van der Waals surface area contributed by atoms with Crippen LogP contribution in [0.3, 0.4) is 0 Å². The summed E-state index contributed by atoms with van der Waals surface area (Å²) in [5.74, 6) is -0.227. The van der Waals surface area contributed by atoms with Gasteiger partial charge in [-0.15, -0.1) is 10.2 Å². The van der Waals surface area contributed by atoms with Crippen LogP contribution in [0.25, 0.3) is 5.65 Å². The van der Waals surface area contributed by atoms with Crippen LogP contribution >= 0.6 is 23.4 Å². The molecule has 10 heteroatoms. The van der Waals surface area contributed by atoms with Crippen molar-refractivity contribution in [1.82, 2.24) is 19.9 Å². The van der Waals surface area contributed by atoms with Gasteiger partial charge in [-0.1, -0.05) is 53.7 Å². The van der Waals surface area contributed by atoms with Crippen molar-refractivity contribution in [3.63, 3.8) is 0 Å². The van der Waals surface area contributed by atoms with E-state index < -0.39 is 11.7 Å². The average molecular weight is 443 g/mol. The molecule has 0 fully saturated rings. The van der Waals surface area contributed by atoms with Gasteiger partial charge in [-0.3, -0.25) is 9.20 Å². The Hall–Kier alpha value is -2.26. The van der Waals surface area contributed by atoms with Gasteiger partial charge in [-0.25, -0.2) is 0 Å². The quantitative estimate of drug-likeness (QED) is 0.542. The lowest BCUT2D eigenvalue weighted by Crippen LogP contribution is -2.34. The van der Waals surface area contributed by atoms with Gasteiger partial charge in [-0.05, 0) is 31.4 Å². The SMILES string of the molecule is CC(CCc1ccccc1)NC(=O)CSc1nnc2c(Cl)cc(C(F)(F)F)cn12. The molecule has 154 valence electrons. The summed E-state index contributed by atoms with van der Waals surface area (Å²) in [7, 11) is 0. The van der Waals surface area contributed by atoms with Crippen LogP contribution in [-0.4, -0.2) is 32.3 Å². The number of thioether (sulfide) groups is 1. The highest BCUT2D eigenvalue weighted by Gasteiger charge is 2.32. The van der Waals surface area contributed by atoms with Gasteiger partial charge in [0.15, 0.2) is 10.8 Å². The third-order valence-corrected chi connectivity index (χ3v) is 5.43. The van der Waals surface area contributed by atoms with Crippen LogP contribution in [0.2, 0.25) is 5.02 Å². The molecule has 0 bridgehead atoms. The second-order valence-corrected chi connectivity index (χ2v) is 7.88. The Morgan fingerprint density at radius 2 is 2.00 bits per heavy atom. The zero-order valence-electron chi connectivity index (χ0n) is 15.4. The first kappa shape index (κ1) is 21.4. The number of fused-ring (bicyclic) bond motifs is 1. The minimum atomic E-state index is -4.55. The molecular formula is C19H18ClF3N4OS. The van der Waals surface area contributed by atoms with Crippen LogP contribution in [0.4, 0.5) is 13.2 Å². The zero-order chi connectivity index (χ0) is 21.0. The molecule has 0 radical (unpaired) electrons. The fourth-order valence-corrected chi connectivity index (χ4v) is 3.70. The van der Waals surface area contributed by atoms with Gasteiger partial charge < -0.3 is 5.32 Å². The first-order valence-corrected chi connectivity index (χ1v) is 10.2. The molecule has 5 nitrogen and oxygen atoms in total. The largest absolute Gasteiger partial charge is 0.417 e. The third kappa shape index (κ3) is 5.63. The van der Waals surface area contributed by atoms with E-state index in [9.17, 15) is 18.0 Å². The smallest absolute Gasteiger partial charge is 0.353 e. The number of benzene rings is 1. The van der Waals surface area contributed by atoms with Crippen molar-refractivity contribution in [2.45, 2.75) is 37.1 Å². The van der Waals surface area contributed by atoms with Crippen molar-refractivity contribution < 1.29 is 18.0 Å². The summed E-state index contributed by atoms with van der Waals surface area (Å²) in [6.45, 7) is 1.91. The fraction of sp³-hybridized carbons (Fsp3) is 0.316. The summed E-state index contributed by atoms with van der Waals surface area (Å²) in [6, 6.07) is 10.7. The summed E-state index contributed by atoms with van der Waals surface area (Å²) >= 11 is 6.89. The van der Waals surface area contributed by atoms with Crippen molar-refractivity contribution in [3.8, 4) is 0 Å². The number of halogens is 4. The number of carbonyl (C=O) groups excluding carboxylic acids is 1. The molecule has 2 heterocycles. The number of alkyl halides is 3. The molecule has 1 unspecified atom stereocenters. The molecule has 3 rings (SSSR count). The van der Waals surface area contributed by atoms with Gasteiger partial charge in [0.1, 0.15) is 0 Å². The number of aryl methyl sites for hydroxylation is 1. The summed E-state index contributed by atoms with van der Waals surface area (Å²) in [5.41, 5.74) is 0.393. The zero-order valence-corrected chi connectivity index (χ0v) is 17.0. The predicted molar refractivity (Wildman–Crippen MR) is 106 cm³/mol. The van der Waals surface area contributed by atoms with E-state index in [0.29, 0.717) is 0 Å². The maximum atomic E-state index is 13.0. The van der Waals surface area contributed by atoms with Crippen molar-refractivity contribution in [1.29, 1.82) is 0 Å². The first-order valence-electron chi connectivity index (χ1n) is 8.81. The van der Waals surface area contributed by atoms with E-state index in [-0.39, 0.29) is 33.5 Å². The lowest BCUT2D eigenvalue weighted by molar-refractivity contribution is -0.137. The van der Waals surface area contributed by atoms with Crippen molar-refractivity contribution in [3.05, 3.63) is 58.7 Å². The van der Waals surface area contributed by atoms with E-state index in [1.165, 1.54) is 5.56 Å². The highest BCUT2D eigenvalue weighted by Crippen LogP contribution is 2.33. The molecule has 29 heavy (non-hydrogen) atoms. The number of amides is 1. The number of pyridine rings is 1. The van der Waals surface area contributed by atoms with Gasteiger partial charge >= 0.3 is 6.18 Å². The molecule has 2 aromatic heterocycles. The van der Waals surface area contributed by atoms with Crippen LogP contribution in [0.15, 0.2) is 47.8 Å². The molecule has 1 N–H and O–H groups in total. The van der Waals surface area contributed by atoms with Gasteiger partial charge in [0, 0.05) is 12.2 Å². The highest BCUT2D eigenvalue weighted by atomic mass is 35.5. The standard InChI is InChI=1S/C19H18ClF3N4OS/c1-12(7-8-13-5-3-2-4-6-13)24-16(28)11-29-18-26-25-17-15(20)9-14(10-27(17)18)19(21,22)23/h2-6,9-10,12H,7-8,11H2,1H3,(H,24,28). The van der Waals surface area contributed by atoms with E-state index in [2.05, 4.69) is 15.5 Å². The van der Waals surface area contributed by atoms with Crippen LogP contribution in [0.1, 0.15) is 24.5 Å². The predicted octanol–water partition coefficient (Wildman–Crippen LogP) is 4.63. The first-order chi connectivity index (χ1) is 13.7. The lowest BCUT2D eigenvalue weighted by Gasteiger charge is -2.13. The Kier molecular flexibility index (Phi) is 6.69. The number of hydrogen-bond acceptors (Lipinski definition) is 4. The van der Waals surface area contributed by atoms with Crippen molar-refractivity contribution >= 4 is 34.9 Å². The van der Waals surface area contributed by atoms with Crippen molar-refractivity contribution in [2.75, 3.05) is 5.75 Å². The van der Waals surface area contributed by atoms with Crippen LogP contribution in [0, 0.1) is 0 Å². The minimum absolute atomic E-state index is 0.00430. The highest BCUT2D eigenvalue weighted by molar-refractivity contribution is 7.99. The van der Waals surface area contributed by atoms with Gasteiger partial charge in [0.2, 0.25) is 5.91 Å². The summed E-state index contributed by atoms with van der Waals surface area (Å²) in [5, 5.41) is 10.6.